The fourth-order valence-electron chi connectivity index (χ4n) is 3.64. The molecule has 0 aromatic carbocycles. The van der Waals surface area contributed by atoms with Crippen molar-refractivity contribution >= 4 is 10.1 Å². The average molecular weight is 407 g/mol. The van der Waals surface area contributed by atoms with Crippen molar-refractivity contribution in [3.05, 3.63) is 0 Å². The van der Waals surface area contributed by atoms with E-state index >= 15 is 0 Å². The highest BCUT2D eigenvalue weighted by molar-refractivity contribution is 7.86. The van der Waals surface area contributed by atoms with Gasteiger partial charge in [0.15, 0.2) is 0 Å². The predicted molar refractivity (Wildman–Crippen MR) is 116 cm³/mol. The Morgan fingerprint density at radius 3 is 1.41 bits per heavy atom. The van der Waals surface area contributed by atoms with E-state index in [0.717, 1.165) is 70.6 Å². The van der Waals surface area contributed by atoms with Gasteiger partial charge < -0.3 is 5.11 Å². The Hall–Kier alpha value is -0.130. The maximum absolute atomic E-state index is 11.5. The molecule has 2 N–H and O–H groups in total. The van der Waals surface area contributed by atoms with Crippen molar-refractivity contribution in [1.29, 1.82) is 0 Å². The lowest BCUT2D eigenvalue weighted by atomic mass is 10.0. The molecular weight excluding hydrogens is 360 g/mol. The fraction of sp³-hybridized carbons (Fsp3) is 1.00. The van der Waals surface area contributed by atoms with E-state index in [9.17, 15) is 18.1 Å². The fourth-order valence-corrected chi connectivity index (χ4v) is 4.57. The molecule has 2 unspecified atom stereocenters. The number of aliphatic hydroxyl groups is 1. The molecule has 0 spiro atoms. The molecule has 0 aliphatic rings. The number of hydrogen-bond acceptors (Lipinski definition) is 3. The van der Waals surface area contributed by atoms with E-state index in [4.69, 9.17) is 0 Å². The largest absolute Gasteiger partial charge is 0.393 e. The standard InChI is InChI=1S/C22H46O4S/c1-3-5-7-11-15-19-22(27(24,25)26)20-16-13-10-8-9-12-14-18-21(23)17-6-4-2/h21-23H,3-20H2,1-2H3,(H,24,25,26). The second-order valence-corrected chi connectivity index (χ2v) is 9.88. The molecule has 0 aliphatic carbocycles. The van der Waals surface area contributed by atoms with Crippen LogP contribution >= 0.6 is 0 Å². The third-order valence-electron chi connectivity index (χ3n) is 5.51. The zero-order valence-electron chi connectivity index (χ0n) is 18.0. The van der Waals surface area contributed by atoms with E-state index in [1.807, 2.05) is 0 Å². The molecule has 5 heteroatoms. The van der Waals surface area contributed by atoms with E-state index in [1.165, 1.54) is 32.1 Å². The SMILES string of the molecule is CCCCCCCC(CCCCCCCCCC(O)CCCC)S(=O)(=O)O. The highest BCUT2D eigenvalue weighted by atomic mass is 32.2. The Labute approximate surface area is 169 Å². The van der Waals surface area contributed by atoms with Crippen LogP contribution in [0.25, 0.3) is 0 Å². The van der Waals surface area contributed by atoms with Gasteiger partial charge in [-0.2, -0.15) is 8.42 Å². The van der Waals surface area contributed by atoms with Crippen molar-refractivity contribution in [2.45, 2.75) is 141 Å². The Morgan fingerprint density at radius 2 is 0.963 bits per heavy atom. The maximum atomic E-state index is 11.5. The summed E-state index contributed by atoms with van der Waals surface area (Å²) in [5, 5.41) is 9.24. The zero-order chi connectivity index (χ0) is 20.4. The molecule has 0 rings (SSSR count). The first-order valence-electron chi connectivity index (χ1n) is 11.6. The molecule has 0 saturated heterocycles. The Balaban J connectivity index is 3.65. The molecule has 0 aromatic rings. The third kappa shape index (κ3) is 17.7. The summed E-state index contributed by atoms with van der Waals surface area (Å²) in [5.41, 5.74) is 0. The molecular formula is C22H46O4S. The first kappa shape index (κ1) is 26.9. The minimum Gasteiger partial charge on any atom is -0.393 e. The molecule has 0 bridgehead atoms. The number of unbranched alkanes of at least 4 members (excludes halogenated alkanes) is 11. The van der Waals surface area contributed by atoms with Gasteiger partial charge in [-0.15, -0.1) is 0 Å². The minimum absolute atomic E-state index is 0.121. The second kappa shape index (κ2) is 17.9. The van der Waals surface area contributed by atoms with Gasteiger partial charge in [-0.25, -0.2) is 0 Å². The highest BCUT2D eigenvalue weighted by Crippen LogP contribution is 2.19. The van der Waals surface area contributed by atoms with E-state index in [1.54, 1.807) is 0 Å². The number of rotatable bonds is 20. The second-order valence-electron chi connectivity index (χ2n) is 8.19. The van der Waals surface area contributed by atoms with Crippen LogP contribution in [0.2, 0.25) is 0 Å². The lowest BCUT2D eigenvalue weighted by molar-refractivity contribution is 0.148. The summed E-state index contributed by atoms with van der Waals surface area (Å²) in [7, 11) is -3.90. The van der Waals surface area contributed by atoms with Gasteiger partial charge in [0, 0.05) is 0 Å². The van der Waals surface area contributed by atoms with Gasteiger partial charge in [0.1, 0.15) is 0 Å². The molecule has 27 heavy (non-hydrogen) atoms. The Kier molecular flexibility index (Phi) is 17.8. The van der Waals surface area contributed by atoms with Crippen LogP contribution in [-0.4, -0.2) is 29.4 Å². The van der Waals surface area contributed by atoms with Crippen molar-refractivity contribution < 1.29 is 18.1 Å². The average Bonchev–Trinajstić information content (AvgIpc) is 2.62. The summed E-state index contributed by atoms with van der Waals surface area (Å²) in [5.74, 6) is 0. The summed E-state index contributed by atoms with van der Waals surface area (Å²) < 4.78 is 32.5. The Morgan fingerprint density at radius 1 is 0.593 bits per heavy atom. The first-order valence-corrected chi connectivity index (χ1v) is 13.1. The molecule has 164 valence electrons. The van der Waals surface area contributed by atoms with Gasteiger partial charge in [-0.3, -0.25) is 4.55 Å². The van der Waals surface area contributed by atoms with Crippen LogP contribution in [0.3, 0.4) is 0 Å². The van der Waals surface area contributed by atoms with Crippen LogP contribution in [0, 0.1) is 0 Å². The summed E-state index contributed by atoms with van der Waals surface area (Å²) in [6.45, 7) is 4.32. The smallest absolute Gasteiger partial charge is 0.267 e. The summed E-state index contributed by atoms with van der Waals surface area (Å²) in [4.78, 5) is 0. The van der Waals surface area contributed by atoms with Gasteiger partial charge in [-0.1, -0.05) is 104 Å². The molecule has 0 aromatic heterocycles. The molecule has 0 fully saturated rings. The number of aliphatic hydroxyl groups excluding tert-OH is 1. The van der Waals surface area contributed by atoms with Gasteiger partial charge in [0.25, 0.3) is 10.1 Å². The lowest BCUT2D eigenvalue weighted by Gasteiger charge is -2.13. The van der Waals surface area contributed by atoms with Crippen LogP contribution in [-0.2, 0) is 10.1 Å². The number of hydrogen-bond donors (Lipinski definition) is 2. The van der Waals surface area contributed by atoms with E-state index in [2.05, 4.69) is 13.8 Å². The molecule has 4 nitrogen and oxygen atoms in total. The first-order chi connectivity index (χ1) is 12.9. The van der Waals surface area contributed by atoms with Gasteiger partial charge >= 0.3 is 0 Å². The van der Waals surface area contributed by atoms with E-state index < -0.39 is 15.4 Å². The maximum Gasteiger partial charge on any atom is 0.267 e. The predicted octanol–water partition coefficient (Wildman–Crippen LogP) is 6.67. The van der Waals surface area contributed by atoms with Crippen molar-refractivity contribution in [2.75, 3.05) is 0 Å². The van der Waals surface area contributed by atoms with Crippen molar-refractivity contribution in [3.63, 3.8) is 0 Å². The highest BCUT2D eigenvalue weighted by Gasteiger charge is 2.21. The molecule has 0 saturated carbocycles. The Bertz CT molecular complexity index is 409. The summed E-state index contributed by atoms with van der Waals surface area (Å²) >= 11 is 0. The molecule has 0 amide bonds. The molecule has 0 heterocycles. The molecule has 0 radical (unpaired) electrons. The third-order valence-corrected chi connectivity index (χ3v) is 6.82. The van der Waals surface area contributed by atoms with Crippen molar-refractivity contribution in [2.24, 2.45) is 0 Å². The van der Waals surface area contributed by atoms with E-state index in [0.29, 0.717) is 12.8 Å². The van der Waals surface area contributed by atoms with Gasteiger partial charge in [0.2, 0.25) is 0 Å². The summed E-state index contributed by atoms with van der Waals surface area (Å²) in [6, 6.07) is 0. The normalized spacial score (nSPS) is 14.4. The van der Waals surface area contributed by atoms with Crippen LogP contribution in [0.1, 0.15) is 129 Å². The lowest BCUT2D eigenvalue weighted by Crippen LogP contribution is -2.20. The van der Waals surface area contributed by atoms with Gasteiger partial charge in [-0.05, 0) is 25.7 Å². The zero-order valence-corrected chi connectivity index (χ0v) is 18.8. The quantitative estimate of drug-likeness (QED) is 0.175. The van der Waals surface area contributed by atoms with E-state index in [-0.39, 0.29) is 6.10 Å². The van der Waals surface area contributed by atoms with Crippen LogP contribution < -0.4 is 0 Å². The minimum atomic E-state index is -3.90. The van der Waals surface area contributed by atoms with Crippen molar-refractivity contribution in [1.82, 2.24) is 0 Å². The van der Waals surface area contributed by atoms with Crippen LogP contribution in [0.5, 0.6) is 0 Å². The van der Waals surface area contributed by atoms with Gasteiger partial charge in [0.05, 0.1) is 11.4 Å². The molecule has 2 atom stereocenters. The topological polar surface area (TPSA) is 74.6 Å². The summed E-state index contributed by atoms with van der Waals surface area (Å²) in [6.07, 6.45) is 18.4. The van der Waals surface area contributed by atoms with Crippen molar-refractivity contribution in [3.8, 4) is 0 Å². The van der Waals surface area contributed by atoms with Crippen LogP contribution in [0.4, 0.5) is 0 Å². The van der Waals surface area contributed by atoms with Crippen LogP contribution in [0.15, 0.2) is 0 Å². The molecule has 0 aliphatic heterocycles. The monoisotopic (exact) mass is 406 g/mol.